The molecule has 0 N–H and O–H groups in total. The monoisotopic (exact) mass is 662 g/mol. The summed E-state index contributed by atoms with van der Waals surface area (Å²) in [5, 5.41) is 10.5. The van der Waals surface area contributed by atoms with E-state index in [0.717, 1.165) is 55.1 Å². The Morgan fingerprint density at radius 1 is 0.519 bits per heavy atom. The molecule has 5 heterocycles. The van der Waals surface area contributed by atoms with Crippen LogP contribution in [0.2, 0.25) is 0 Å². The van der Waals surface area contributed by atoms with E-state index in [0.29, 0.717) is 0 Å². The summed E-state index contributed by atoms with van der Waals surface area (Å²) in [4.78, 5) is 5.26. The van der Waals surface area contributed by atoms with Gasteiger partial charge in [0.05, 0.1) is 49.7 Å². The zero-order valence-electron chi connectivity index (χ0n) is 28.4. The Bertz CT molecular complexity index is 3480. The summed E-state index contributed by atoms with van der Waals surface area (Å²) < 4.78 is 7.21. The molecule has 242 valence electrons. The molecular weight excluding hydrogens is 633 g/mol. The first kappa shape index (κ1) is 28.7. The predicted octanol–water partition coefficient (Wildman–Crippen LogP) is 10.2. The van der Waals surface area contributed by atoms with E-state index in [1.807, 2.05) is 24.3 Å². The number of pyridine rings is 1. The molecule has 0 aliphatic heterocycles. The molecule has 52 heavy (non-hydrogen) atoms. The zero-order chi connectivity index (χ0) is 34.5. The molecule has 0 unspecified atom stereocenters. The Labute approximate surface area is 298 Å². The van der Waals surface area contributed by atoms with Crippen LogP contribution in [-0.4, -0.2) is 18.4 Å². The van der Waals surface area contributed by atoms with Gasteiger partial charge in [-0.15, -0.1) is 6.42 Å². The third-order valence-corrected chi connectivity index (χ3v) is 10.8. The summed E-state index contributed by atoms with van der Waals surface area (Å²) in [5.41, 5.74) is 9.97. The van der Waals surface area contributed by atoms with Crippen molar-refractivity contribution in [1.82, 2.24) is 18.4 Å². The second kappa shape index (κ2) is 10.7. The Balaban J connectivity index is 1.46. The van der Waals surface area contributed by atoms with Crippen LogP contribution in [0.3, 0.4) is 0 Å². The summed E-state index contributed by atoms with van der Waals surface area (Å²) in [6.07, 6.45) is 10.1. The average molecular weight is 663 g/mol. The minimum atomic E-state index is 0.814. The van der Waals surface area contributed by atoms with Crippen LogP contribution in [0.1, 0.15) is 6.92 Å². The number of aromatic nitrogens is 4. The molecule has 0 saturated heterocycles. The maximum absolute atomic E-state index is 6.08. The van der Waals surface area contributed by atoms with E-state index in [-0.39, 0.29) is 0 Å². The summed E-state index contributed by atoms with van der Waals surface area (Å²) >= 11 is 0. The lowest BCUT2D eigenvalue weighted by atomic mass is 10.0. The van der Waals surface area contributed by atoms with Gasteiger partial charge < -0.3 is 8.80 Å². The number of hydrogen-bond acceptors (Lipinski definition) is 1. The van der Waals surface area contributed by atoms with E-state index < -0.39 is 0 Å². The number of para-hydroxylation sites is 4. The van der Waals surface area contributed by atoms with E-state index in [2.05, 4.69) is 160 Å². The first-order chi connectivity index (χ1) is 25.7. The zero-order valence-corrected chi connectivity index (χ0v) is 28.4. The summed E-state index contributed by atoms with van der Waals surface area (Å²) in [6, 6.07) is 52.4. The van der Waals surface area contributed by atoms with Crippen LogP contribution in [0, 0.1) is 12.3 Å². The standard InChI is InChI=1S/C48H30N4/c1-3-15-40-31(4-2)38-28-44-45(29-43(38)50(40)46-27-14-24-39(49-46)30-16-6-5-7-17-30)52-42-26-11-9-19-33(42)35-21-13-23-37(48(35)52)36-22-12-20-34-32-18-8-10-25-41(32)51(44)47(34)36/h1,4-29H,2H3/b31-4-,40-15+. The molecule has 11 aromatic rings. The highest BCUT2D eigenvalue weighted by Gasteiger charge is 2.21. The second-order valence-corrected chi connectivity index (χ2v) is 13.4. The lowest BCUT2D eigenvalue weighted by molar-refractivity contribution is 1.01. The van der Waals surface area contributed by atoms with Gasteiger partial charge in [-0.2, -0.15) is 0 Å². The minimum Gasteiger partial charge on any atom is -0.306 e. The Morgan fingerprint density at radius 3 is 1.67 bits per heavy atom. The largest absolute Gasteiger partial charge is 0.306 e. The molecular formula is C48H30N4. The Morgan fingerprint density at radius 2 is 1.06 bits per heavy atom. The smallest absolute Gasteiger partial charge is 0.138 e. The Hall–Kier alpha value is -7.09. The van der Waals surface area contributed by atoms with Crippen LogP contribution in [0.15, 0.2) is 146 Å². The van der Waals surface area contributed by atoms with Crippen LogP contribution < -0.4 is 10.6 Å². The van der Waals surface area contributed by atoms with Gasteiger partial charge in [0.25, 0.3) is 0 Å². The van der Waals surface area contributed by atoms with Gasteiger partial charge in [0, 0.05) is 54.6 Å². The van der Waals surface area contributed by atoms with Gasteiger partial charge >= 0.3 is 0 Å². The second-order valence-electron chi connectivity index (χ2n) is 13.4. The van der Waals surface area contributed by atoms with Crippen molar-refractivity contribution >= 4 is 88.5 Å². The van der Waals surface area contributed by atoms with Crippen molar-refractivity contribution in [3.63, 3.8) is 0 Å². The van der Waals surface area contributed by atoms with E-state index in [4.69, 9.17) is 11.4 Å². The first-order valence-electron chi connectivity index (χ1n) is 17.6. The first-order valence-corrected chi connectivity index (χ1v) is 17.6. The van der Waals surface area contributed by atoms with Gasteiger partial charge in [-0.25, -0.2) is 4.98 Å². The molecule has 5 aromatic heterocycles. The molecule has 0 spiro atoms. The predicted molar refractivity (Wildman–Crippen MR) is 219 cm³/mol. The van der Waals surface area contributed by atoms with Crippen LogP contribution >= 0.6 is 0 Å². The number of terminal acetylenes is 1. The number of hydrogen-bond donors (Lipinski definition) is 0. The average Bonchev–Trinajstić information content (AvgIpc) is 3.82. The van der Waals surface area contributed by atoms with E-state index in [1.54, 1.807) is 0 Å². The molecule has 11 rings (SSSR count). The highest BCUT2D eigenvalue weighted by molar-refractivity contribution is 6.25. The lowest BCUT2D eigenvalue weighted by Crippen LogP contribution is -2.28. The highest BCUT2D eigenvalue weighted by atomic mass is 15.1. The minimum absolute atomic E-state index is 0.814. The topological polar surface area (TPSA) is 26.6 Å². The highest BCUT2D eigenvalue weighted by Crippen LogP contribution is 2.41. The molecule has 0 saturated carbocycles. The molecule has 0 radical (unpaired) electrons. The molecule has 0 amide bonds. The summed E-state index contributed by atoms with van der Waals surface area (Å²) in [6.45, 7) is 2.09. The van der Waals surface area contributed by atoms with Gasteiger partial charge in [0.15, 0.2) is 0 Å². The van der Waals surface area contributed by atoms with Crippen LogP contribution in [0.4, 0.5) is 0 Å². The van der Waals surface area contributed by atoms with Crippen molar-refractivity contribution in [2.75, 3.05) is 0 Å². The fourth-order valence-corrected chi connectivity index (χ4v) is 8.77. The van der Waals surface area contributed by atoms with E-state index in [1.165, 1.54) is 48.9 Å². The molecule has 0 atom stereocenters. The van der Waals surface area contributed by atoms with Gasteiger partial charge in [0.1, 0.15) is 5.82 Å². The van der Waals surface area contributed by atoms with Crippen molar-refractivity contribution in [2.45, 2.75) is 6.92 Å². The maximum Gasteiger partial charge on any atom is 0.138 e. The van der Waals surface area contributed by atoms with Gasteiger partial charge in [-0.3, -0.25) is 4.57 Å². The molecule has 0 aliphatic rings. The van der Waals surface area contributed by atoms with Crippen LogP contribution in [0.5, 0.6) is 0 Å². The summed E-state index contributed by atoms with van der Waals surface area (Å²) in [7, 11) is 0. The maximum atomic E-state index is 6.08. The molecule has 4 nitrogen and oxygen atoms in total. The number of rotatable bonds is 2. The van der Waals surface area contributed by atoms with Crippen molar-refractivity contribution in [3.8, 4) is 29.4 Å². The van der Waals surface area contributed by atoms with Gasteiger partial charge in [0.2, 0.25) is 0 Å². The molecule has 0 aliphatic carbocycles. The number of fused-ring (bicyclic) bond motifs is 11. The number of benzene rings is 6. The third-order valence-electron chi connectivity index (χ3n) is 10.8. The quantitative estimate of drug-likeness (QED) is 0.169. The van der Waals surface area contributed by atoms with Crippen molar-refractivity contribution in [1.29, 1.82) is 0 Å². The van der Waals surface area contributed by atoms with Gasteiger partial charge in [-0.1, -0.05) is 121 Å². The number of nitrogens with zero attached hydrogens (tertiary/aromatic N) is 4. The van der Waals surface area contributed by atoms with Crippen molar-refractivity contribution in [3.05, 3.63) is 156 Å². The summed E-state index contributed by atoms with van der Waals surface area (Å²) in [5.74, 6) is 3.67. The molecule has 4 heteroatoms. The third kappa shape index (κ3) is 3.74. The normalized spacial score (nSPS) is 12.9. The SMILES string of the molecule is C#C/C=c1\c(=C/C)c2cc3c(cc2n1-c1cccc(-c2ccccc2)n1)n1c2ccccc2c2cccc(c4cccc5c6ccccc6n3c54)c21. The fourth-order valence-electron chi connectivity index (χ4n) is 8.77. The van der Waals surface area contributed by atoms with Gasteiger partial charge in [-0.05, 0) is 43.3 Å². The van der Waals surface area contributed by atoms with Crippen LogP contribution in [-0.2, 0) is 0 Å². The van der Waals surface area contributed by atoms with E-state index in [9.17, 15) is 0 Å². The van der Waals surface area contributed by atoms with E-state index >= 15 is 0 Å². The van der Waals surface area contributed by atoms with Crippen molar-refractivity contribution < 1.29 is 0 Å². The molecule has 0 bridgehead atoms. The fraction of sp³-hybridized carbons (Fsp3) is 0.0208. The molecule has 0 fully saturated rings. The Kier molecular flexibility index (Phi) is 5.91. The van der Waals surface area contributed by atoms with Crippen molar-refractivity contribution in [2.24, 2.45) is 0 Å². The van der Waals surface area contributed by atoms with Crippen LogP contribution in [0.25, 0.3) is 106 Å². The lowest BCUT2D eigenvalue weighted by Gasteiger charge is -2.13. The molecule has 6 aromatic carbocycles.